The van der Waals surface area contributed by atoms with Crippen LogP contribution in [-0.2, 0) is 14.8 Å². The normalized spacial score (nSPS) is 22.4. The van der Waals surface area contributed by atoms with E-state index < -0.39 is 27.8 Å². The minimum atomic E-state index is -4.04. The molecule has 0 radical (unpaired) electrons. The Hall–Kier alpha value is -2.73. The average molecular weight is 566 g/mol. The lowest BCUT2D eigenvalue weighted by atomic mass is 10.0. The Morgan fingerprint density at radius 2 is 1.87 bits per heavy atom. The van der Waals surface area contributed by atoms with Crippen molar-refractivity contribution in [2.75, 3.05) is 38.1 Å². The van der Waals surface area contributed by atoms with Gasteiger partial charge in [-0.05, 0) is 82.6 Å². The summed E-state index contributed by atoms with van der Waals surface area (Å²) in [7, 11) is -2.18. The van der Waals surface area contributed by atoms with Crippen molar-refractivity contribution in [2.45, 2.75) is 63.2 Å². The number of sulfonamides is 1. The summed E-state index contributed by atoms with van der Waals surface area (Å²) in [6.07, 6.45) is 2.17. The van der Waals surface area contributed by atoms with Gasteiger partial charge >= 0.3 is 0 Å². The molecule has 3 N–H and O–H groups in total. The molecule has 2 aromatic carbocycles. The molecule has 0 spiro atoms. The zero-order chi connectivity index (χ0) is 28.6. The molecule has 2 aromatic rings. The zero-order valence-corrected chi connectivity index (χ0v) is 23.8. The number of aliphatic hydroxyl groups is 1. The van der Waals surface area contributed by atoms with E-state index in [1.165, 1.54) is 24.3 Å². The third-order valence-electron chi connectivity index (χ3n) is 6.83. The molecule has 1 amide bonds. The molecule has 216 valence electrons. The molecule has 11 heteroatoms. The summed E-state index contributed by atoms with van der Waals surface area (Å²) in [5.74, 6) is -0.664. The van der Waals surface area contributed by atoms with Crippen molar-refractivity contribution in [3.05, 3.63) is 53.8 Å². The number of fused-ring (bicyclic) bond motifs is 1. The van der Waals surface area contributed by atoms with E-state index in [9.17, 15) is 22.7 Å². The van der Waals surface area contributed by atoms with Crippen LogP contribution in [-0.4, -0.2) is 75.9 Å². The molecule has 4 atom stereocenters. The predicted molar refractivity (Wildman–Crippen MR) is 148 cm³/mol. The monoisotopic (exact) mass is 565 g/mol. The highest BCUT2D eigenvalue weighted by atomic mass is 32.2. The van der Waals surface area contributed by atoms with Crippen LogP contribution in [0.4, 0.5) is 10.1 Å². The fraction of sp³-hybridized carbons (Fsp3) is 0.536. The van der Waals surface area contributed by atoms with Crippen molar-refractivity contribution in [3.8, 4) is 5.75 Å². The number of rotatable bonds is 7. The van der Waals surface area contributed by atoms with Gasteiger partial charge in [0.1, 0.15) is 11.6 Å². The van der Waals surface area contributed by atoms with E-state index in [0.29, 0.717) is 25.4 Å². The summed E-state index contributed by atoms with van der Waals surface area (Å²) in [5.41, 5.74) is 0.335. The molecule has 0 aromatic heterocycles. The molecule has 1 aliphatic heterocycles. The van der Waals surface area contributed by atoms with Gasteiger partial charge in [-0.25, -0.2) is 12.8 Å². The van der Waals surface area contributed by atoms with Crippen molar-refractivity contribution in [2.24, 2.45) is 5.92 Å². The molecule has 0 aliphatic carbocycles. The highest BCUT2D eigenvalue weighted by Gasteiger charge is 2.30. The Balaban J connectivity index is 2.02. The summed E-state index contributed by atoms with van der Waals surface area (Å²) in [6, 6.07) is 8.52. The first-order valence-electron chi connectivity index (χ1n) is 13.3. The number of likely N-dealkylation sites (N-methyl/N-ethyl adjacent to an activating group) is 1. The molecule has 39 heavy (non-hydrogen) atoms. The number of hydrogen-bond donors (Lipinski definition) is 3. The lowest BCUT2D eigenvalue weighted by Gasteiger charge is -2.34. The molecule has 3 rings (SSSR count). The van der Waals surface area contributed by atoms with Gasteiger partial charge in [0.05, 0.1) is 35.3 Å². The van der Waals surface area contributed by atoms with E-state index in [1.54, 1.807) is 17.9 Å². The first kappa shape index (κ1) is 30.8. The van der Waals surface area contributed by atoms with Crippen LogP contribution in [0.2, 0.25) is 0 Å². The molecule has 0 saturated heterocycles. The van der Waals surface area contributed by atoms with Crippen LogP contribution < -0.4 is 14.8 Å². The third-order valence-corrected chi connectivity index (χ3v) is 8.23. The van der Waals surface area contributed by atoms with Gasteiger partial charge in [0, 0.05) is 31.3 Å². The standard InChI is InChI=1S/C28H40FN3O6S/c1-19-17-32(20(2)18-33)28(34)25-15-23(31-39(35,36)24-11-8-22(29)9-12-24)10-13-26(25)38-21(3)7-5-6-14-37-27(19)16-30-4/h8-13,15,19-21,27,30-31,33H,5-7,14,16-18H2,1-4H3/t19-,20+,21+,27-/m0/s1. The molecule has 0 fully saturated rings. The van der Waals surface area contributed by atoms with E-state index in [4.69, 9.17) is 9.47 Å². The maximum atomic E-state index is 14.0. The second-order valence-electron chi connectivity index (χ2n) is 10.1. The van der Waals surface area contributed by atoms with Crippen LogP contribution in [0.3, 0.4) is 0 Å². The SMILES string of the molecule is CNC[C@@H]1OCCCC[C@@H](C)Oc2ccc(NS(=O)(=O)c3ccc(F)cc3)cc2C(=O)N([C@H](C)CO)C[C@@H]1C. The van der Waals surface area contributed by atoms with Crippen LogP contribution in [0.15, 0.2) is 47.4 Å². The van der Waals surface area contributed by atoms with Crippen molar-refractivity contribution >= 4 is 21.6 Å². The van der Waals surface area contributed by atoms with Gasteiger partial charge in [-0.15, -0.1) is 0 Å². The van der Waals surface area contributed by atoms with Crippen molar-refractivity contribution in [1.82, 2.24) is 10.2 Å². The van der Waals surface area contributed by atoms with Gasteiger partial charge in [-0.3, -0.25) is 9.52 Å². The van der Waals surface area contributed by atoms with Crippen LogP contribution in [0.5, 0.6) is 5.75 Å². The van der Waals surface area contributed by atoms with Crippen molar-refractivity contribution in [3.63, 3.8) is 0 Å². The largest absolute Gasteiger partial charge is 0.490 e. The Morgan fingerprint density at radius 1 is 1.15 bits per heavy atom. The number of halogens is 1. The van der Waals surface area contributed by atoms with Crippen LogP contribution in [0.1, 0.15) is 50.4 Å². The topological polar surface area (TPSA) is 117 Å². The summed E-state index contributed by atoms with van der Waals surface area (Å²) < 4.78 is 54.0. The number of aliphatic hydroxyl groups excluding tert-OH is 1. The fourth-order valence-corrected chi connectivity index (χ4v) is 5.55. The minimum absolute atomic E-state index is 0.0539. The Morgan fingerprint density at radius 3 is 2.54 bits per heavy atom. The predicted octanol–water partition coefficient (Wildman–Crippen LogP) is 3.64. The molecule has 0 unspecified atom stereocenters. The van der Waals surface area contributed by atoms with E-state index in [0.717, 1.165) is 31.4 Å². The maximum Gasteiger partial charge on any atom is 0.261 e. The smallest absolute Gasteiger partial charge is 0.261 e. The molecule has 0 saturated carbocycles. The Bertz CT molecular complexity index is 1190. The first-order chi connectivity index (χ1) is 18.6. The Labute approximate surface area is 230 Å². The van der Waals surface area contributed by atoms with Gasteiger partial charge in [0.25, 0.3) is 15.9 Å². The number of nitrogens with one attached hydrogen (secondary N) is 2. The first-order valence-corrected chi connectivity index (χ1v) is 14.8. The maximum absolute atomic E-state index is 14.0. The van der Waals surface area contributed by atoms with Gasteiger partial charge in [-0.2, -0.15) is 0 Å². The minimum Gasteiger partial charge on any atom is -0.490 e. The average Bonchev–Trinajstić information content (AvgIpc) is 2.90. The van der Waals surface area contributed by atoms with E-state index in [-0.39, 0.29) is 40.9 Å². The van der Waals surface area contributed by atoms with Gasteiger partial charge < -0.3 is 24.8 Å². The number of carbonyl (C=O) groups excluding carboxylic acids is 1. The lowest BCUT2D eigenvalue weighted by molar-refractivity contribution is -0.000450. The zero-order valence-electron chi connectivity index (χ0n) is 23.0. The lowest BCUT2D eigenvalue weighted by Crippen LogP contribution is -2.47. The number of nitrogens with zero attached hydrogens (tertiary/aromatic N) is 1. The quantitative estimate of drug-likeness (QED) is 0.469. The molecule has 1 aliphatic rings. The number of anilines is 1. The highest BCUT2D eigenvalue weighted by Crippen LogP contribution is 2.29. The summed E-state index contributed by atoms with van der Waals surface area (Å²) >= 11 is 0. The summed E-state index contributed by atoms with van der Waals surface area (Å²) in [6.45, 7) is 6.96. The molecular formula is C28H40FN3O6S. The van der Waals surface area contributed by atoms with Crippen molar-refractivity contribution in [1.29, 1.82) is 0 Å². The second-order valence-corrected chi connectivity index (χ2v) is 11.8. The number of hydrogen-bond acceptors (Lipinski definition) is 7. The molecular weight excluding hydrogens is 525 g/mol. The summed E-state index contributed by atoms with van der Waals surface area (Å²) in [4.78, 5) is 15.5. The number of ether oxygens (including phenoxy) is 2. The van der Waals surface area contributed by atoms with Crippen molar-refractivity contribution < 1.29 is 32.2 Å². The third kappa shape index (κ3) is 8.38. The van der Waals surface area contributed by atoms with E-state index in [2.05, 4.69) is 10.0 Å². The highest BCUT2D eigenvalue weighted by molar-refractivity contribution is 7.92. The van der Waals surface area contributed by atoms with Gasteiger partial charge in [0.15, 0.2) is 0 Å². The Kier molecular flexibility index (Phi) is 11.1. The fourth-order valence-electron chi connectivity index (χ4n) is 4.51. The number of benzene rings is 2. The van der Waals surface area contributed by atoms with E-state index >= 15 is 0 Å². The number of carbonyl (C=O) groups is 1. The van der Waals surface area contributed by atoms with Crippen LogP contribution in [0, 0.1) is 11.7 Å². The second kappa shape index (κ2) is 14.1. The van der Waals surface area contributed by atoms with E-state index in [1.807, 2.05) is 20.9 Å². The molecule has 9 nitrogen and oxygen atoms in total. The van der Waals surface area contributed by atoms with Gasteiger partial charge in [0.2, 0.25) is 0 Å². The van der Waals surface area contributed by atoms with Crippen LogP contribution in [0.25, 0.3) is 0 Å². The summed E-state index contributed by atoms with van der Waals surface area (Å²) in [5, 5.41) is 13.1. The molecule has 1 heterocycles. The molecule has 0 bridgehead atoms. The van der Waals surface area contributed by atoms with Crippen LogP contribution >= 0.6 is 0 Å². The van der Waals surface area contributed by atoms with Gasteiger partial charge in [-0.1, -0.05) is 6.92 Å². The number of amides is 1.